The van der Waals surface area contributed by atoms with Gasteiger partial charge in [0.2, 0.25) is 0 Å². The Labute approximate surface area is 139 Å². The molecule has 116 valence electrons. The van der Waals surface area contributed by atoms with Crippen molar-refractivity contribution in [2.24, 2.45) is 0 Å². The summed E-state index contributed by atoms with van der Waals surface area (Å²) in [6.07, 6.45) is 0.768. The molecule has 0 aliphatic carbocycles. The van der Waals surface area contributed by atoms with E-state index < -0.39 is 5.41 Å². The number of benzene rings is 2. The lowest BCUT2D eigenvalue weighted by atomic mass is 9.71. The van der Waals surface area contributed by atoms with Gasteiger partial charge in [-0.3, -0.25) is 0 Å². The van der Waals surface area contributed by atoms with E-state index in [4.69, 9.17) is 0 Å². The van der Waals surface area contributed by atoms with Crippen molar-refractivity contribution in [3.8, 4) is 6.07 Å². The van der Waals surface area contributed by atoms with Crippen molar-refractivity contribution in [2.45, 2.75) is 24.8 Å². The van der Waals surface area contributed by atoms with E-state index in [-0.39, 0.29) is 12.4 Å². The van der Waals surface area contributed by atoms with Crippen molar-refractivity contribution in [1.82, 2.24) is 4.90 Å². The molecule has 3 heteroatoms. The summed E-state index contributed by atoms with van der Waals surface area (Å²) in [4.78, 5) is 2.16. The Hall–Kier alpha value is -1.82. The normalized spacial score (nSPS) is 12.3. The maximum Gasteiger partial charge on any atom is 0.109 e. The molecule has 0 radical (unpaired) electrons. The van der Waals surface area contributed by atoms with Crippen LogP contribution in [0.4, 0.5) is 0 Å². The number of hydrogen-bond donors (Lipinski definition) is 0. The molecule has 1 unspecified atom stereocenters. The fraction of sp³-hybridized carbons (Fsp3) is 0.316. The van der Waals surface area contributed by atoms with Gasteiger partial charge in [-0.05, 0) is 38.6 Å². The first-order valence-electron chi connectivity index (χ1n) is 7.29. The third kappa shape index (κ3) is 3.68. The molecule has 0 spiro atoms. The van der Waals surface area contributed by atoms with E-state index >= 15 is 0 Å². The quantitative estimate of drug-likeness (QED) is 0.824. The van der Waals surface area contributed by atoms with Gasteiger partial charge in [-0.25, -0.2) is 0 Å². The Morgan fingerprint density at radius 1 is 0.955 bits per heavy atom. The van der Waals surface area contributed by atoms with E-state index in [1.54, 1.807) is 0 Å². The molecule has 1 atom stereocenters. The predicted octanol–water partition coefficient (Wildman–Crippen LogP) is 4.26. The highest BCUT2D eigenvalue weighted by atomic mass is 35.5. The summed E-state index contributed by atoms with van der Waals surface area (Å²) < 4.78 is 0. The minimum Gasteiger partial charge on any atom is -0.307 e. The first-order valence-corrected chi connectivity index (χ1v) is 7.29. The largest absolute Gasteiger partial charge is 0.307 e. The average Bonchev–Trinajstić information content (AvgIpc) is 2.54. The highest BCUT2D eigenvalue weighted by molar-refractivity contribution is 5.85. The maximum absolute atomic E-state index is 10.0. The molecular weight excluding hydrogens is 292 g/mol. The Morgan fingerprint density at radius 3 is 1.68 bits per heavy atom. The average molecular weight is 315 g/mol. The van der Waals surface area contributed by atoms with Gasteiger partial charge < -0.3 is 4.90 Å². The van der Waals surface area contributed by atoms with Crippen LogP contribution in [0.25, 0.3) is 0 Å². The van der Waals surface area contributed by atoms with Crippen molar-refractivity contribution in [1.29, 1.82) is 5.26 Å². The standard InChI is InChI=1S/C19H22N2.ClH/c1-16(21(2)3)14-19(15-20,17-10-6-4-7-11-17)18-12-8-5-9-13-18;/h4-13,16H,14H2,1-3H3;1H. The molecule has 0 heterocycles. The van der Waals surface area contributed by atoms with Gasteiger partial charge in [-0.1, -0.05) is 60.7 Å². The molecule has 22 heavy (non-hydrogen) atoms. The minimum atomic E-state index is -0.605. The highest BCUT2D eigenvalue weighted by Crippen LogP contribution is 2.36. The predicted molar refractivity (Wildman–Crippen MR) is 94.3 cm³/mol. The van der Waals surface area contributed by atoms with Crippen LogP contribution in [0.1, 0.15) is 24.5 Å². The summed E-state index contributed by atoms with van der Waals surface area (Å²) in [7, 11) is 4.12. The first-order chi connectivity index (χ1) is 10.1. The minimum absolute atomic E-state index is 0. The van der Waals surface area contributed by atoms with Gasteiger partial charge in [0.1, 0.15) is 5.41 Å². The zero-order valence-electron chi connectivity index (χ0n) is 13.4. The Morgan fingerprint density at radius 2 is 1.36 bits per heavy atom. The first kappa shape index (κ1) is 18.2. The smallest absolute Gasteiger partial charge is 0.109 e. The van der Waals surface area contributed by atoms with Crippen LogP contribution < -0.4 is 0 Å². The molecule has 0 saturated carbocycles. The lowest BCUT2D eigenvalue weighted by Gasteiger charge is -2.33. The molecule has 0 aliphatic heterocycles. The number of halogens is 1. The van der Waals surface area contributed by atoms with E-state index in [2.05, 4.69) is 56.3 Å². The van der Waals surface area contributed by atoms with Crippen LogP contribution in [-0.2, 0) is 5.41 Å². The zero-order chi connectivity index (χ0) is 15.3. The molecule has 2 rings (SSSR count). The second-order valence-corrected chi connectivity index (χ2v) is 5.77. The van der Waals surface area contributed by atoms with E-state index in [1.807, 2.05) is 36.4 Å². The van der Waals surface area contributed by atoms with Gasteiger partial charge in [0.15, 0.2) is 0 Å². The van der Waals surface area contributed by atoms with Crippen LogP contribution in [-0.4, -0.2) is 25.0 Å². The van der Waals surface area contributed by atoms with Crippen LogP contribution in [0.2, 0.25) is 0 Å². The number of hydrogen-bond acceptors (Lipinski definition) is 2. The monoisotopic (exact) mass is 314 g/mol. The molecule has 2 aromatic rings. The molecule has 0 N–H and O–H groups in total. The van der Waals surface area contributed by atoms with Gasteiger partial charge in [0.05, 0.1) is 6.07 Å². The molecule has 0 amide bonds. The van der Waals surface area contributed by atoms with Crippen LogP contribution in [0.15, 0.2) is 60.7 Å². The third-order valence-electron chi connectivity index (χ3n) is 4.21. The summed E-state index contributed by atoms with van der Waals surface area (Å²) in [6, 6.07) is 23.1. The molecular formula is C19H23ClN2. The van der Waals surface area contributed by atoms with E-state index in [1.165, 1.54) is 0 Å². The highest BCUT2D eigenvalue weighted by Gasteiger charge is 2.36. The topological polar surface area (TPSA) is 27.0 Å². The van der Waals surface area contributed by atoms with Gasteiger partial charge in [0, 0.05) is 6.04 Å². The number of rotatable bonds is 5. The molecule has 2 nitrogen and oxygen atoms in total. The van der Waals surface area contributed by atoms with Gasteiger partial charge in [-0.15, -0.1) is 12.4 Å². The molecule has 0 saturated heterocycles. The van der Waals surface area contributed by atoms with Gasteiger partial charge >= 0.3 is 0 Å². The van der Waals surface area contributed by atoms with E-state index in [0.29, 0.717) is 6.04 Å². The Kier molecular flexibility index (Phi) is 6.61. The van der Waals surface area contributed by atoms with Gasteiger partial charge in [0.25, 0.3) is 0 Å². The molecule has 0 aliphatic rings. The van der Waals surface area contributed by atoms with Crippen LogP contribution in [0.3, 0.4) is 0 Å². The van der Waals surface area contributed by atoms with Crippen LogP contribution in [0, 0.1) is 11.3 Å². The number of nitriles is 1. The summed E-state index contributed by atoms with van der Waals surface area (Å²) in [5.74, 6) is 0. The van der Waals surface area contributed by atoms with Crippen molar-refractivity contribution in [3.05, 3.63) is 71.8 Å². The second kappa shape index (κ2) is 7.98. The van der Waals surface area contributed by atoms with E-state index in [9.17, 15) is 5.26 Å². The molecule has 0 bridgehead atoms. The lowest BCUT2D eigenvalue weighted by molar-refractivity contribution is 0.275. The summed E-state index contributed by atoms with van der Waals surface area (Å²) in [5, 5.41) is 10.0. The number of nitrogens with zero attached hydrogens (tertiary/aromatic N) is 2. The van der Waals surface area contributed by atoms with Crippen molar-refractivity contribution in [2.75, 3.05) is 14.1 Å². The maximum atomic E-state index is 10.0. The Bertz CT molecular complexity index is 563. The van der Waals surface area contributed by atoms with Crippen molar-refractivity contribution < 1.29 is 0 Å². The zero-order valence-corrected chi connectivity index (χ0v) is 14.2. The summed E-state index contributed by atoms with van der Waals surface area (Å²) in [6.45, 7) is 2.16. The fourth-order valence-electron chi connectivity index (χ4n) is 2.65. The van der Waals surface area contributed by atoms with Crippen molar-refractivity contribution in [3.63, 3.8) is 0 Å². The van der Waals surface area contributed by atoms with Gasteiger partial charge in [-0.2, -0.15) is 5.26 Å². The van der Waals surface area contributed by atoms with Crippen LogP contribution in [0.5, 0.6) is 0 Å². The van der Waals surface area contributed by atoms with Crippen molar-refractivity contribution >= 4 is 12.4 Å². The van der Waals surface area contributed by atoms with E-state index in [0.717, 1.165) is 17.5 Å². The molecule has 0 fully saturated rings. The van der Waals surface area contributed by atoms with Crippen LogP contribution >= 0.6 is 12.4 Å². The Balaban J connectivity index is 0.00000242. The summed E-state index contributed by atoms with van der Waals surface area (Å²) in [5.41, 5.74) is 1.52. The molecule has 0 aromatic heterocycles. The fourth-order valence-corrected chi connectivity index (χ4v) is 2.65. The lowest BCUT2D eigenvalue weighted by Crippen LogP contribution is -2.36. The third-order valence-corrected chi connectivity index (χ3v) is 4.21. The molecule has 2 aromatic carbocycles. The SMILES string of the molecule is CC(CC(C#N)(c1ccccc1)c1ccccc1)N(C)C.Cl. The second-order valence-electron chi connectivity index (χ2n) is 5.77. The summed E-state index contributed by atoms with van der Waals surface area (Å²) >= 11 is 0.